The molecule has 2 N–H and O–H groups in total. The highest BCUT2D eigenvalue weighted by molar-refractivity contribution is 5.88. The number of rotatable bonds is 4. The van der Waals surface area contributed by atoms with Crippen molar-refractivity contribution in [2.45, 2.75) is 19.8 Å². The highest BCUT2D eigenvalue weighted by Gasteiger charge is 2.20. The van der Waals surface area contributed by atoms with Gasteiger partial charge < -0.3 is 15.4 Å². The van der Waals surface area contributed by atoms with Crippen LogP contribution in [0.25, 0.3) is 22.0 Å². The molecular weight excluding hydrogens is 352 g/mol. The molecule has 0 aliphatic carbocycles. The lowest BCUT2D eigenvalue weighted by molar-refractivity contribution is -0.131. The van der Waals surface area contributed by atoms with E-state index in [-0.39, 0.29) is 5.97 Å². The van der Waals surface area contributed by atoms with Gasteiger partial charge in [0.25, 0.3) is 0 Å². The number of hydrogen-bond acceptors (Lipinski definition) is 6. The van der Waals surface area contributed by atoms with Gasteiger partial charge in [-0.3, -0.25) is 4.79 Å². The molecule has 6 nitrogen and oxygen atoms in total. The Balaban J connectivity index is 1.58. The lowest BCUT2D eigenvalue weighted by atomic mass is 9.97. The molecule has 0 bridgehead atoms. The molecule has 2 heterocycles. The lowest BCUT2D eigenvalue weighted by Gasteiger charge is -2.31. The van der Waals surface area contributed by atoms with Crippen LogP contribution < -0.4 is 15.4 Å². The van der Waals surface area contributed by atoms with E-state index in [0.717, 1.165) is 60.5 Å². The van der Waals surface area contributed by atoms with Crippen LogP contribution >= 0.6 is 0 Å². The van der Waals surface area contributed by atoms with Gasteiger partial charge in [0.05, 0.1) is 5.69 Å². The zero-order valence-electron chi connectivity index (χ0n) is 16.0. The van der Waals surface area contributed by atoms with Gasteiger partial charge in [0.15, 0.2) is 0 Å². The average Bonchev–Trinajstić information content (AvgIpc) is 2.73. The van der Waals surface area contributed by atoms with Crippen LogP contribution in [0.4, 0.5) is 5.95 Å². The Kier molecular flexibility index (Phi) is 5.21. The standard InChI is InChI=1S/C22H24N4O2/c1-15(27)28-20-5-4-17-12-19(3-2-18(17)13-20)21-6-9-24-22(25-21)26-10-7-16(14-23)8-11-26/h2-6,9,12-13,16H,7-8,10-11,14,23H2,1H3. The van der Waals surface area contributed by atoms with Gasteiger partial charge in [-0.15, -0.1) is 0 Å². The average molecular weight is 376 g/mol. The minimum atomic E-state index is -0.319. The predicted octanol–water partition coefficient (Wildman–Crippen LogP) is 3.40. The third-order valence-corrected chi connectivity index (χ3v) is 5.24. The molecule has 28 heavy (non-hydrogen) atoms. The number of nitrogens with zero attached hydrogens (tertiary/aromatic N) is 3. The SMILES string of the molecule is CC(=O)Oc1ccc2cc(-c3ccnc(N4CCC(CN)CC4)n3)ccc2c1. The summed E-state index contributed by atoms with van der Waals surface area (Å²) in [5, 5.41) is 2.08. The van der Waals surface area contributed by atoms with Gasteiger partial charge in [-0.25, -0.2) is 9.97 Å². The van der Waals surface area contributed by atoms with Crippen molar-refractivity contribution in [3.05, 3.63) is 48.7 Å². The first kappa shape index (κ1) is 18.4. The Morgan fingerprint density at radius 1 is 1.14 bits per heavy atom. The number of benzene rings is 2. The zero-order chi connectivity index (χ0) is 19.5. The van der Waals surface area contributed by atoms with Gasteiger partial charge in [-0.1, -0.05) is 18.2 Å². The van der Waals surface area contributed by atoms with Crippen molar-refractivity contribution >= 4 is 22.7 Å². The van der Waals surface area contributed by atoms with E-state index in [1.807, 2.05) is 36.5 Å². The van der Waals surface area contributed by atoms with Crippen LogP contribution in [0.1, 0.15) is 19.8 Å². The fourth-order valence-electron chi connectivity index (χ4n) is 3.64. The first-order valence-corrected chi connectivity index (χ1v) is 9.63. The zero-order valence-corrected chi connectivity index (χ0v) is 16.0. The monoisotopic (exact) mass is 376 g/mol. The number of hydrogen-bond donors (Lipinski definition) is 1. The summed E-state index contributed by atoms with van der Waals surface area (Å²) < 4.78 is 5.16. The smallest absolute Gasteiger partial charge is 0.308 e. The molecule has 1 aliphatic rings. The van der Waals surface area contributed by atoms with E-state index in [4.69, 9.17) is 15.5 Å². The van der Waals surface area contributed by atoms with Crippen molar-refractivity contribution in [3.8, 4) is 17.0 Å². The molecule has 4 rings (SSSR count). The van der Waals surface area contributed by atoms with Gasteiger partial charge in [-0.2, -0.15) is 0 Å². The molecule has 1 aliphatic heterocycles. The van der Waals surface area contributed by atoms with Gasteiger partial charge in [0, 0.05) is 31.8 Å². The number of carbonyl (C=O) groups is 1. The molecule has 1 saturated heterocycles. The van der Waals surface area contributed by atoms with Crippen molar-refractivity contribution in [2.75, 3.05) is 24.5 Å². The molecule has 0 amide bonds. The normalized spacial score (nSPS) is 15.0. The van der Waals surface area contributed by atoms with Crippen LogP contribution in [0.2, 0.25) is 0 Å². The first-order valence-electron chi connectivity index (χ1n) is 9.63. The summed E-state index contributed by atoms with van der Waals surface area (Å²) >= 11 is 0. The highest BCUT2D eigenvalue weighted by Crippen LogP contribution is 2.27. The summed E-state index contributed by atoms with van der Waals surface area (Å²) in [5.41, 5.74) is 7.73. The second-order valence-corrected chi connectivity index (χ2v) is 7.23. The number of piperidine rings is 1. The molecule has 1 aromatic heterocycles. The van der Waals surface area contributed by atoms with Crippen molar-refractivity contribution in [3.63, 3.8) is 0 Å². The molecule has 0 atom stereocenters. The number of aromatic nitrogens is 2. The van der Waals surface area contributed by atoms with E-state index in [2.05, 4.69) is 16.0 Å². The Hall–Kier alpha value is -2.99. The van der Waals surface area contributed by atoms with Crippen molar-refractivity contribution in [1.29, 1.82) is 0 Å². The van der Waals surface area contributed by atoms with Crippen LogP contribution in [0, 0.1) is 5.92 Å². The molecule has 3 aromatic rings. The van der Waals surface area contributed by atoms with Crippen LogP contribution in [0.3, 0.4) is 0 Å². The minimum absolute atomic E-state index is 0.319. The molecule has 1 fully saturated rings. The molecule has 6 heteroatoms. The molecule has 2 aromatic carbocycles. The second-order valence-electron chi connectivity index (χ2n) is 7.23. The fraction of sp³-hybridized carbons (Fsp3) is 0.318. The Morgan fingerprint density at radius 3 is 2.64 bits per heavy atom. The Labute approximate surface area is 164 Å². The summed E-state index contributed by atoms with van der Waals surface area (Å²) in [7, 11) is 0. The third-order valence-electron chi connectivity index (χ3n) is 5.24. The maximum atomic E-state index is 11.1. The maximum Gasteiger partial charge on any atom is 0.308 e. The molecule has 0 spiro atoms. The van der Waals surface area contributed by atoms with Crippen molar-refractivity contribution in [1.82, 2.24) is 9.97 Å². The maximum absolute atomic E-state index is 11.1. The van der Waals surface area contributed by atoms with E-state index in [1.54, 1.807) is 6.07 Å². The van der Waals surface area contributed by atoms with E-state index < -0.39 is 0 Å². The molecule has 0 radical (unpaired) electrons. The van der Waals surface area contributed by atoms with Crippen molar-refractivity contribution < 1.29 is 9.53 Å². The van der Waals surface area contributed by atoms with Gasteiger partial charge >= 0.3 is 5.97 Å². The minimum Gasteiger partial charge on any atom is -0.427 e. The third kappa shape index (κ3) is 3.97. The number of carbonyl (C=O) groups excluding carboxylic acids is 1. The van der Waals surface area contributed by atoms with Crippen LogP contribution in [-0.4, -0.2) is 35.6 Å². The van der Waals surface area contributed by atoms with E-state index in [0.29, 0.717) is 11.7 Å². The highest BCUT2D eigenvalue weighted by atomic mass is 16.5. The number of esters is 1. The molecule has 0 saturated carbocycles. The van der Waals surface area contributed by atoms with Gasteiger partial charge in [0.2, 0.25) is 5.95 Å². The van der Waals surface area contributed by atoms with Crippen LogP contribution in [-0.2, 0) is 4.79 Å². The first-order chi connectivity index (χ1) is 13.6. The van der Waals surface area contributed by atoms with Crippen molar-refractivity contribution in [2.24, 2.45) is 11.7 Å². The summed E-state index contributed by atoms with van der Waals surface area (Å²) in [5.74, 6) is 1.62. The summed E-state index contributed by atoms with van der Waals surface area (Å²) in [6, 6.07) is 13.7. The topological polar surface area (TPSA) is 81.3 Å². The Bertz CT molecular complexity index is 997. The summed E-state index contributed by atoms with van der Waals surface area (Å²) in [4.78, 5) is 22.6. The Morgan fingerprint density at radius 2 is 1.89 bits per heavy atom. The van der Waals surface area contributed by atoms with E-state index in [9.17, 15) is 4.79 Å². The largest absolute Gasteiger partial charge is 0.427 e. The summed E-state index contributed by atoms with van der Waals surface area (Å²) in [6.07, 6.45) is 4.00. The molecule has 144 valence electrons. The van der Waals surface area contributed by atoms with Gasteiger partial charge in [0.1, 0.15) is 5.75 Å². The fourth-order valence-corrected chi connectivity index (χ4v) is 3.64. The van der Waals surface area contributed by atoms with Crippen LogP contribution in [0.5, 0.6) is 5.75 Å². The quantitative estimate of drug-likeness (QED) is 0.555. The second kappa shape index (κ2) is 7.94. The molecular formula is C22H24N4O2. The van der Waals surface area contributed by atoms with E-state index in [1.165, 1.54) is 6.92 Å². The summed E-state index contributed by atoms with van der Waals surface area (Å²) in [6.45, 7) is 4.05. The van der Waals surface area contributed by atoms with E-state index >= 15 is 0 Å². The molecule has 0 unspecified atom stereocenters. The predicted molar refractivity (Wildman–Crippen MR) is 110 cm³/mol. The van der Waals surface area contributed by atoms with Gasteiger partial charge in [-0.05, 0) is 60.3 Å². The number of nitrogens with two attached hydrogens (primary N) is 1. The number of ether oxygens (including phenoxy) is 1. The number of anilines is 1. The lowest BCUT2D eigenvalue weighted by Crippen LogP contribution is -2.37. The van der Waals surface area contributed by atoms with Crippen LogP contribution in [0.15, 0.2) is 48.7 Å². The number of fused-ring (bicyclic) bond motifs is 1.